The van der Waals surface area contributed by atoms with Gasteiger partial charge in [0.1, 0.15) is 16.9 Å². The van der Waals surface area contributed by atoms with E-state index in [4.69, 9.17) is 21.1 Å². The summed E-state index contributed by atoms with van der Waals surface area (Å²) in [7, 11) is 3.00. The third kappa shape index (κ3) is 5.88. The summed E-state index contributed by atoms with van der Waals surface area (Å²) in [5, 5.41) is 3.36. The fourth-order valence-electron chi connectivity index (χ4n) is 2.56. The Hall–Kier alpha value is -2.34. The fraction of sp³-hybridized carbons (Fsp3) is 0.421. The molecular formula is C19H24ClN3O3. The van der Waals surface area contributed by atoms with Gasteiger partial charge in [0.2, 0.25) is 5.95 Å². The summed E-state index contributed by atoms with van der Waals surface area (Å²) < 4.78 is 10.0. The molecule has 1 aromatic carbocycles. The molecule has 1 atom stereocenters. The van der Waals surface area contributed by atoms with Crippen molar-refractivity contribution >= 4 is 23.5 Å². The van der Waals surface area contributed by atoms with Gasteiger partial charge >= 0.3 is 5.97 Å². The van der Waals surface area contributed by atoms with Crippen molar-refractivity contribution in [2.24, 2.45) is 5.92 Å². The quantitative estimate of drug-likeness (QED) is 0.558. The lowest BCUT2D eigenvalue weighted by molar-refractivity contribution is -0.141. The molecule has 0 aliphatic carbocycles. The van der Waals surface area contributed by atoms with Gasteiger partial charge in [-0.15, -0.1) is 0 Å². The molecule has 1 aromatic heterocycles. The van der Waals surface area contributed by atoms with Gasteiger partial charge < -0.3 is 14.8 Å². The van der Waals surface area contributed by atoms with E-state index in [0.717, 1.165) is 17.0 Å². The van der Waals surface area contributed by atoms with Crippen molar-refractivity contribution in [2.75, 3.05) is 19.5 Å². The van der Waals surface area contributed by atoms with E-state index in [-0.39, 0.29) is 5.97 Å². The molecule has 0 bridgehead atoms. The first-order valence-corrected chi connectivity index (χ1v) is 8.79. The SMILES string of the molecule is COC(=O)[C@H](CC(C)C)Nc1nc(Cl)cc(Cc2ccc(OC)cc2)n1. The average Bonchev–Trinajstić information content (AvgIpc) is 2.60. The maximum absolute atomic E-state index is 12.0. The van der Waals surface area contributed by atoms with E-state index in [1.807, 2.05) is 38.1 Å². The predicted octanol–water partition coefficient (Wildman–Crippen LogP) is 3.73. The highest BCUT2D eigenvalue weighted by molar-refractivity contribution is 6.29. The van der Waals surface area contributed by atoms with Crippen molar-refractivity contribution in [1.82, 2.24) is 9.97 Å². The summed E-state index contributed by atoms with van der Waals surface area (Å²) in [6, 6.07) is 8.93. The molecule has 1 heterocycles. The molecular weight excluding hydrogens is 354 g/mol. The third-order valence-electron chi connectivity index (χ3n) is 3.79. The number of carbonyl (C=O) groups excluding carboxylic acids is 1. The first-order chi connectivity index (χ1) is 12.4. The van der Waals surface area contributed by atoms with Crippen LogP contribution in [0.3, 0.4) is 0 Å². The topological polar surface area (TPSA) is 73.3 Å². The minimum Gasteiger partial charge on any atom is -0.497 e. The molecule has 2 aromatic rings. The largest absolute Gasteiger partial charge is 0.497 e. The number of methoxy groups -OCH3 is 2. The molecule has 6 nitrogen and oxygen atoms in total. The molecule has 0 unspecified atom stereocenters. The van der Waals surface area contributed by atoms with Gasteiger partial charge in [0, 0.05) is 6.42 Å². The highest BCUT2D eigenvalue weighted by Crippen LogP contribution is 2.18. The van der Waals surface area contributed by atoms with E-state index < -0.39 is 6.04 Å². The Morgan fingerprint density at radius 3 is 2.46 bits per heavy atom. The number of nitrogens with zero attached hydrogens (tertiary/aromatic N) is 2. The summed E-state index contributed by atoms with van der Waals surface area (Å²) >= 11 is 6.14. The molecule has 0 amide bonds. The monoisotopic (exact) mass is 377 g/mol. The van der Waals surface area contributed by atoms with Gasteiger partial charge in [0.25, 0.3) is 0 Å². The van der Waals surface area contributed by atoms with Gasteiger partial charge in [0.05, 0.1) is 19.9 Å². The number of ether oxygens (including phenoxy) is 2. The number of halogens is 1. The van der Waals surface area contributed by atoms with Crippen LogP contribution in [0.15, 0.2) is 30.3 Å². The Bertz CT molecular complexity index is 735. The molecule has 0 spiro atoms. The average molecular weight is 378 g/mol. The van der Waals surface area contributed by atoms with Crippen LogP contribution in [-0.4, -0.2) is 36.2 Å². The van der Waals surface area contributed by atoms with Crippen LogP contribution in [0.4, 0.5) is 5.95 Å². The Balaban J connectivity index is 2.17. The molecule has 0 fully saturated rings. The standard InChI is InChI=1S/C19H24ClN3O3/c1-12(2)9-16(18(24)26-4)22-19-21-14(11-17(20)23-19)10-13-5-7-15(25-3)8-6-13/h5-8,11-12,16H,9-10H2,1-4H3,(H,21,22,23)/t16-/m0/s1. The zero-order valence-corrected chi connectivity index (χ0v) is 16.2. The summed E-state index contributed by atoms with van der Waals surface area (Å²) in [5.41, 5.74) is 1.82. The highest BCUT2D eigenvalue weighted by atomic mass is 35.5. The predicted molar refractivity (Wildman–Crippen MR) is 102 cm³/mol. The minimum absolute atomic E-state index is 0.310. The third-order valence-corrected chi connectivity index (χ3v) is 3.98. The first kappa shape index (κ1) is 20.0. The van der Waals surface area contributed by atoms with Crippen LogP contribution in [0.1, 0.15) is 31.5 Å². The van der Waals surface area contributed by atoms with Crippen LogP contribution in [0.2, 0.25) is 5.15 Å². The molecule has 7 heteroatoms. The van der Waals surface area contributed by atoms with Gasteiger partial charge in [-0.3, -0.25) is 0 Å². The summed E-state index contributed by atoms with van der Waals surface area (Å²) in [6.07, 6.45) is 1.20. The lowest BCUT2D eigenvalue weighted by atomic mass is 10.0. The van der Waals surface area contributed by atoms with Crippen molar-refractivity contribution in [2.45, 2.75) is 32.7 Å². The van der Waals surface area contributed by atoms with Gasteiger partial charge in [-0.25, -0.2) is 14.8 Å². The van der Waals surface area contributed by atoms with E-state index >= 15 is 0 Å². The normalized spacial score (nSPS) is 11.9. The number of rotatable bonds is 8. The molecule has 0 aliphatic heterocycles. The first-order valence-electron chi connectivity index (χ1n) is 8.42. The maximum atomic E-state index is 12.0. The summed E-state index contributed by atoms with van der Waals surface area (Å²) in [4.78, 5) is 20.7. The molecule has 0 radical (unpaired) electrons. The van der Waals surface area contributed by atoms with Gasteiger partial charge in [-0.2, -0.15) is 0 Å². The molecule has 0 saturated carbocycles. The van der Waals surface area contributed by atoms with Crippen LogP contribution >= 0.6 is 11.6 Å². The van der Waals surface area contributed by atoms with Crippen molar-refractivity contribution in [1.29, 1.82) is 0 Å². The maximum Gasteiger partial charge on any atom is 0.328 e. The number of nitrogens with one attached hydrogen (secondary N) is 1. The number of carbonyl (C=O) groups is 1. The highest BCUT2D eigenvalue weighted by Gasteiger charge is 2.21. The van der Waals surface area contributed by atoms with E-state index in [2.05, 4.69) is 15.3 Å². The number of benzene rings is 1. The van der Waals surface area contributed by atoms with E-state index in [1.54, 1.807) is 13.2 Å². The van der Waals surface area contributed by atoms with Gasteiger partial charge in [-0.05, 0) is 36.1 Å². The Morgan fingerprint density at radius 1 is 1.19 bits per heavy atom. The number of aromatic nitrogens is 2. The summed E-state index contributed by atoms with van der Waals surface area (Å²) in [5.74, 6) is 1.08. The van der Waals surface area contributed by atoms with Crippen LogP contribution in [0.5, 0.6) is 5.75 Å². The van der Waals surface area contributed by atoms with Crippen molar-refractivity contribution in [3.05, 3.63) is 46.7 Å². The second-order valence-electron chi connectivity index (χ2n) is 6.38. The Kier molecular flexibility index (Phi) is 7.21. The lowest BCUT2D eigenvalue weighted by Gasteiger charge is -2.18. The van der Waals surface area contributed by atoms with Crippen LogP contribution < -0.4 is 10.1 Å². The van der Waals surface area contributed by atoms with Crippen LogP contribution in [0, 0.1) is 5.92 Å². The van der Waals surface area contributed by atoms with Crippen molar-refractivity contribution in [3.8, 4) is 5.75 Å². The number of esters is 1. The van der Waals surface area contributed by atoms with Crippen molar-refractivity contribution in [3.63, 3.8) is 0 Å². The Morgan fingerprint density at radius 2 is 1.88 bits per heavy atom. The second-order valence-corrected chi connectivity index (χ2v) is 6.77. The van der Waals surface area contributed by atoms with E-state index in [1.165, 1.54) is 7.11 Å². The lowest BCUT2D eigenvalue weighted by Crippen LogP contribution is -2.33. The molecule has 0 saturated heterocycles. The Labute approximate surface area is 158 Å². The van der Waals surface area contributed by atoms with Crippen LogP contribution in [-0.2, 0) is 16.0 Å². The zero-order valence-electron chi connectivity index (χ0n) is 15.5. The number of anilines is 1. The minimum atomic E-state index is -0.521. The van der Waals surface area contributed by atoms with Crippen LogP contribution in [0.25, 0.3) is 0 Å². The van der Waals surface area contributed by atoms with Gasteiger partial charge in [-0.1, -0.05) is 37.6 Å². The van der Waals surface area contributed by atoms with Crippen molar-refractivity contribution < 1.29 is 14.3 Å². The number of hydrogen-bond acceptors (Lipinski definition) is 6. The number of hydrogen-bond donors (Lipinski definition) is 1. The van der Waals surface area contributed by atoms with Gasteiger partial charge in [0.15, 0.2) is 0 Å². The molecule has 140 valence electrons. The second kappa shape index (κ2) is 9.38. The fourth-order valence-corrected chi connectivity index (χ4v) is 2.76. The van der Waals surface area contributed by atoms with E-state index in [9.17, 15) is 4.79 Å². The zero-order chi connectivity index (χ0) is 19.1. The summed E-state index contributed by atoms with van der Waals surface area (Å²) in [6.45, 7) is 4.07. The molecule has 2 rings (SSSR count). The smallest absolute Gasteiger partial charge is 0.328 e. The molecule has 1 N–H and O–H groups in total. The van der Waals surface area contributed by atoms with E-state index in [0.29, 0.717) is 29.9 Å². The molecule has 0 aliphatic rings. The molecule has 26 heavy (non-hydrogen) atoms.